The molecular weight excluding hydrogens is 414 g/mol. The van der Waals surface area contributed by atoms with Gasteiger partial charge in [-0.2, -0.15) is 0 Å². The van der Waals surface area contributed by atoms with E-state index in [4.69, 9.17) is 21.1 Å². The van der Waals surface area contributed by atoms with E-state index in [2.05, 4.69) is 20.6 Å². The van der Waals surface area contributed by atoms with Crippen molar-refractivity contribution in [1.29, 1.82) is 0 Å². The maximum atomic E-state index is 12.6. The Labute approximate surface area is 178 Å². The van der Waals surface area contributed by atoms with E-state index in [-0.39, 0.29) is 25.3 Å². The molecule has 10 nitrogen and oxygen atoms in total. The van der Waals surface area contributed by atoms with Crippen molar-refractivity contribution in [3.63, 3.8) is 0 Å². The second-order valence-corrected chi connectivity index (χ2v) is 6.63. The summed E-state index contributed by atoms with van der Waals surface area (Å²) in [4.78, 5) is 32.5. The van der Waals surface area contributed by atoms with E-state index in [1.165, 1.54) is 25.7 Å². The Balaban J connectivity index is 1.92. The summed E-state index contributed by atoms with van der Waals surface area (Å²) in [6.45, 7) is -0.0293. The van der Waals surface area contributed by atoms with Gasteiger partial charge >= 0.3 is 7.12 Å². The molecule has 0 saturated carbocycles. The fourth-order valence-corrected chi connectivity index (χ4v) is 2.54. The van der Waals surface area contributed by atoms with Gasteiger partial charge in [-0.1, -0.05) is 11.6 Å². The molecule has 2 rings (SSSR count). The van der Waals surface area contributed by atoms with Gasteiger partial charge in [0, 0.05) is 30.9 Å². The van der Waals surface area contributed by atoms with Gasteiger partial charge in [0.1, 0.15) is 17.5 Å². The zero-order valence-corrected chi connectivity index (χ0v) is 17.0. The highest BCUT2D eigenvalue weighted by Crippen LogP contribution is 2.15. The Morgan fingerprint density at radius 1 is 1.20 bits per heavy atom. The van der Waals surface area contributed by atoms with Crippen LogP contribution in [0, 0.1) is 0 Å². The molecule has 0 bridgehead atoms. The molecule has 2 aromatic rings. The molecule has 160 valence electrons. The molecule has 0 aliphatic carbocycles. The Morgan fingerprint density at radius 2 is 1.93 bits per heavy atom. The second-order valence-electron chi connectivity index (χ2n) is 6.19. The van der Waals surface area contributed by atoms with Crippen molar-refractivity contribution < 1.29 is 29.1 Å². The van der Waals surface area contributed by atoms with Crippen molar-refractivity contribution in [2.75, 3.05) is 20.3 Å². The topological polar surface area (TPSA) is 143 Å². The molecule has 0 saturated heterocycles. The van der Waals surface area contributed by atoms with Crippen LogP contribution in [0.2, 0.25) is 5.02 Å². The van der Waals surface area contributed by atoms with Crippen molar-refractivity contribution in [2.45, 2.75) is 18.4 Å². The van der Waals surface area contributed by atoms with Crippen LogP contribution in [0.15, 0.2) is 42.9 Å². The van der Waals surface area contributed by atoms with Gasteiger partial charge in [-0.05, 0) is 24.3 Å². The highest BCUT2D eigenvalue weighted by atomic mass is 35.5. The first-order valence-corrected chi connectivity index (χ1v) is 9.39. The smallest absolute Gasteiger partial charge is 0.475 e. The third-order valence-corrected chi connectivity index (χ3v) is 4.20. The Kier molecular flexibility index (Phi) is 9.48. The van der Waals surface area contributed by atoms with E-state index >= 15 is 0 Å². The van der Waals surface area contributed by atoms with Gasteiger partial charge < -0.3 is 30.2 Å². The fraction of sp³-hybridized carbons (Fsp3) is 0.333. The SMILES string of the molecule is COC[C@@H](NC(=O)c1cnccn1)C(=O)N[C@@H](CCOc1ccc(Cl)cc1)B(O)O. The van der Waals surface area contributed by atoms with Crippen molar-refractivity contribution in [2.24, 2.45) is 0 Å². The lowest BCUT2D eigenvalue weighted by Gasteiger charge is -2.22. The lowest BCUT2D eigenvalue weighted by molar-refractivity contribution is -0.124. The largest absolute Gasteiger partial charge is 0.494 e. The molecule has 0 unspecified atom stereocenters. The van der Waals surface area contributed by atoms with Crippen LogP contribution in [0.3, 0.4) is 0 Å². The van der Waals surface area contributed by atoms with Crippen LogP contribution in [0.4, 0.5) is 0 Å². The maximum Gasteiger partial charge on any atom is 0.475 e. The average Bonchev–Trinajstić information content (AvgIpc) is 2.74. The number of halogens is 1. The molecule has 30 heavy (non-hydrogen) atoms. The minimum atomic E-state index is -1.83. The van der Waals surface area contributed by atoms with E-state index in [1.54, 1.807) is 24.3 Å². The van der Waals surface area contributed by atoms with Crippen LogP contribution >= 0.6 is 11.6 Å². The number of nitrogens with one attached hydrogen (secondary N) is 2. The number of methoxy groups -OCH3 is 1. The summed E-state index contributed by atoms with van der Waals surface area (Å²) in [5.74, 6) is -1.76. The van der Waals surface area contributed by atoms with Gasteiger partial charge in [0.2, 0.25) is 5.91 Å². The molecular formula is C18H22BClN4O6. The van der Waals surface area contributed by atoms with Crippen molar-refractivity contribution in [3.8, 4) is 5.75 Å². The van der Waals surface area contributed by atoms with Crippen molar-refractivity contribution in [1.82, 2.24) is 20.6 Å². The van der Waals surface area contributed by atoms with Crippen molar-refractivity contribution in [3.05, 3.63) is 53.6 Å². The number of aromatic nitrogens is 2. The number of carbonyl (C=O) groups is 2. The molecule has 12 heteroatoms. The number of nitrogens with zero attached hydrogens (tertiary/aromatic N) is 2. The zero-order valence-electron chi connectivity index (χ0n) is 16.2. The molecule has 1 aromatic heterocycles. The van der Waals surface area contributed by atoms with Crippen LogP contribution < -0.4 is 15.4 Å². The normalized spacial score (nSPS) is 12.5. The first-order valence-electron chi connectivity index (χ1n) is 9.01. The van der Waals surface area contributed by atoms with Crippen LogP contribution in [0.5, 0.6) is 5.75 Å². The molecule has 1 aromatic carbocycles. The molecule has 0 aliphatic rings. The van der Waals surface area contributed by atoms with Gasteiger partial charge in [0.25, 0.3) is 5.91 Å². The second kappa shape index (κ2) is 12.1. The molecule has 4 N–H and O–H groups in total. The average molecular weight is 437 g/mol. The standard InChI is InChI=1S/C18H22BClN4O6/c1-29-11-15(23-17(25)14-10-21-7-8-22-14)18(26)24-16(19(27)28)6-9-30-13-4-2-12(20)3-5-13/h2-5,7-8,10,15-16,27-28H,6,9,11H2,1H3,(H,23,25)(H,24,26)/t15-,16+/m1/s1. The number of hydrogen-bond acceptors (Lipinski definition) is 8. The molecule has 0 aliphatic heterocycles. The summed E-state index contributed by atoms with van der Waals surface area (Å²) in [6, 6.07) is 5.57. The van der Waals surface area contributed by atoms with Gasteiger partial charge in [-0.15, -0.1) is 0 Å². The molecule has 2 atom stereocenters. The predicted octanol–water partition coefficient (Wildman–Crippen LogP) is -0.159. The lowest BCUT2D eigenvalue weighted by Crippen LogP contribution is -2.55. The minimum Gasteiger partial charge on any atom is -0.494 e. The summed E-state index contributed by atoms with van der Waals surface area (Å²) in [5, 5.41) is 24.7. The van der Waals surface area contributed by atoms with E-state index in [9.17, 15) is 19.6 Å². The van der Waals surface area contributed by atoms with E-state index in [1.807, 2.05) is 0 Å². The minimum absolute atomic E-state index is 0.0292. The van der Waals surface area contributed by atoms with E-state index in [0.29, 0.717) is 10.8 Å². The number of benzene rings is 1. The van der Waals surface area contributed by atoms with Crippen LogP contribution in [-0.4, -0.2) is 71.3 Å². The predicted molar refractivity (Wildman–Crippen MR) is 109 cm³/mol. The number of amides is 2. The Morgan fingerprint density at radius 3 is 2.53 bits per heavy atom. The monoisotopic (exact) mass is 436 g/mol. The van der Waals surface area contributed by atoms with Gasteiger partial charge in [0.15, 0.2) is 0 Å². The van der Waals surface area contributed by atoms with Gasteiger partial charge in [-0.3, -0.25) is 14.6 Å². The van der Waals surface area contributed by atoms with E-state index < -0.39 is 30.9 Å². The third-order valence-electron chi connectivity index (χ3n) is 3.95. The van der Waals surface area contributed by atoms with E-state index in [0.717, 1.165) is 0 Å². The quantitative estimate of drug-likeness (QED) is 0.356. The summed E-state index contributed by atoms with van der Waals surface area (Å²) >= 11 is 5.81. The summed E-state index contributed by atoms with van der Waals surface area (Å²) < 4.78 is 10.5. The number of carbonyl (C=O) groups excluding carboxylic acids is 2. The third kappa shape index (κ3) is 7.60. The molecule has 1 heterocycles. The maximum absolute atomic E-state index is 12.6. The number of hydrogen-bond donors (Lipinski definition) is 4. The molecule has 0 radical (unpaired) electrons. The van der Waals surface area contributed by atoms with Gasteiger partial charge in [-0.25, -0.2) is 4.98 Å². The first kappa shape index (κ1) is 23.6. The van der Waals surface area contributed by atoms with Crippen molar-refractivity contribution >= 4 is 30.5 Å². The molecule has 0 fully saturated rings. The highest BCUT2D eigenvalue weighted by molar-refractivity contribution is 6.43. The number of ether oxygens (including phenoxy) is 2. The summed E-state index contributed by atoms with van der Waals surface area (Å²) in [7, 11) is -0.464. The Hall–Kier alpha value is -2.73. The van der Waals surface area contributed by atoms with Crippen LogP contribution in [0.1, 0.15) is 16.9 Å². The van der Waals surface area contributed by atoms with Crippen LogP contribution in [0.25, 0.3) is 0 Å². The lowest BCUT2D eigenvalue weighted by atomic mass is 9.77. The van der Waals surface area contributed by atoms with Gasteiger partial charge in [0.05, 0.1) is 25.4 Å². The Bertz CT molecular complexity index is 812. The first-order chi connectivity index (χ1) is 14.4. The zero-order chi connectivity index (χ0) is 21.9. The van der Waals surface area contributed by atoms with Crippen LogP contribution in [-0.2, 0) is 9.53 Å². The fourth-order valence-electron chi connectivity index (χ4n) is 2.41. The highest BCUT2D eigenvalue weighted by Gasteiger charge is 2.29. The molecule has 0 spiro atoms. The summed E-state index contributed by atoms with van der Waals surface area (Å²) in [6.07, 6.45) is 4.12. The molecule has 2 amide bonds. The number of rotatable bonds is 11. The summed E-state index contributed by atoms with van der Waals surface area (Å²) in [5.41, 5.74) is 0.0292.